The van der Waals surface area contributed by atoms with E-state index in [4.69, 9.17) is 10.4 Å². The van der Waals surface area contributed by atoms with Gasteiger partial charge in [-0.15, -0.1) is 0 Å². The summed E-state index contributed by atoms with van der Waals surface area (Å²) in [6, 6.07) is 5.11. The zero-order chi connectivity index (χ0) is 12.0. The number of hydrogen-bond donors (Lipinski definition) is 2. The summed E-state index contributed by atoms with van der Waals surface area (Å²) in [5.41, 5.74) is 0.423. The van der Waals surface area contributed by atoms with Crippen LogP contribution in [0.4, 0.5) is 5.82 Å². The number of carboxylic acid groups (broad SMARTS) is 1. The van der Waals surface area contributed by atoms with Gasteiger partial charge in [-0.1, -0.05) is 6.92 Å². The summed E-state index contributed by atoms with van der Waals surface area (Å²) in [4.78, 5) is 14.6. The van der Waals surface area contributed by atoms with Crippen LogP contribution < -0.4 is 5.32 Å². The standard InChI is InChI=1S/C11H13N3O2/c1-2-9(6-10(15)16)14-11-8(7-12)4-3-5-13-11/h3-5,9H,2,6H2,1H3,(H,13,14)(H,15,16). The summed E-state index contributed by atoms with van der Waals surface area (Å²) < 4.78 is 0. The number of aliphatic carboxylic acids is 1. The van der Waals surface area contributed by atoms with E-state index in [-0.39, 0.29) is 12.5 Å². The molecule has 0 saturated heterocycles. The number of carboxylic acids is 1. The van der Waals surface area contributed by atoms with Gasteiger partial charge in [0, 0.05) is 12.2 Å². The van der Waals surface area contributed by atoms with Gasteiger partial charge in [-0.05, 0) is 18.6 Å². The highest BCUT2D eigenvalue weighted by Crippen LogP contribution is 2.13. The first-order valence-corrected chi connectivity index (χ1v) is 5.00. The first-order chi connectivity index (χ1) is 7.67. The quantitative estimate of drug-likeness (QED) is 0.785. The summed E-state index contributed by atoms with van der Waals surface area (Å²) in [6.07, 6.45) is 2.24. The van der Waals surface area contributed by atoms with Crippen molar-refractivity contribution < 1.29 is 9.90 Å². The van der Waals surface area contributed by atoms with Crippen LogP contribution >= 0.6 is 0 Å². The molecular weight excluding hydrogens is 206 g/mol. The van der Waals surface area contributed by atoms with Crippen LogP contribution in [0, 0.1) is 11.3 Å². The van der Waals surface area contributed by atoms with Gasteiger partial charge in [0.1, 0.15) is 11.9 Å². The van der Waals surface area contributed by atoms with Gasteiger partial charge >= 0.3 is 5.97 Å². The van der Waals surface area contributed by atoms with Gasteiger partial charge < -0.3 is 10.4 Å². The Hall–Kier alpha value is -2.09. The van der Waals surface area contributed by atoms with Crippen molar-refractivity contribution >= 4 is 11.8 Å². The van der Waals surface area contributed by atoms with Crippen molar-refractivity contribution in [3.63, 3.8) is 0 Å². The summed E-state index contributed by atoms with van der Waals surface area (Å²) in [5, 5.41) is 20.5. The molecule has 16 heavy (non-hydrogen) atoms. The number of pyridine rings is 1. The average Bonchev–Trinajstić information content (AvgIpc) is 2.28. The molecule has 5 nitrogen and oxygen atoms in total. The molecule has 0 aliphatic carbocycles. The molecule has 0 amide bonds. The first-order valence-electron chi connectivity index (χ1n) is 5.00. The van der Waals surface area contributed by atoms with Crippen molar-refractivity contribution in [2.75, 3.05) is 5.32 Å². The third-order valence-corrected chi connectivity index (χ3v) is 2.18. The summed E-state index contributed by atoms with van der Waals surface area (Å²) >= 11 is 0. The predicted molar refractivity (Wildman–Crippen MR) is 58.9 cm³/mol. The third-order valence-electron chi connectivity index (χ3n) is 2.18. The Morgan fingerprint density at radius 1 is 1.75 bits per heavy atom. The molecule has 2 N–H and O–H groups in total. The molecule has 1 rings (SSSR count). The Balaban J connectivity index is 2.78. The lowest BCUT2D eigenvalue weighted by Crippen LogP contribution is -2.23. The van der Waals surface area contributed by atoms with Crippen LogP contribution in [-0.4, -0.2) is 22.1 Å². The molecule has 5 heteroatoms. The van der Waals surface area contributed by atoms with Gasteiger partial charge in [0.2, 0.25) is 0 Å². The highest BCUT2D eigenvalue weighted by Gasteiger charge is 2.13. The highest BCUT2D eigenvalue weighted by atomic mass is 16.4. The zero-order valence-corrected chi connectivity index (χ0v) is 8.97. The fraction of sp³-hybridized carbons (Fsp3) is 0.364. The second-order valence-electron chi connectivity index (χ2n) is 3.36. The Morgan fingerprint density at radius 3 is 3.06 bits per heavy atom. The van der Waals surface area contributed by atoms with E-state index in [0.717, 1.165) is 0 Å². The smallest absolute Gasteiger partial charge is 0.305 e. The second kappa shape index (κ2) is 5.71. The van der Waals surface area contributed by atoms with Gasteiger partial charge in [-0.25, -0.2) is 4.98 Å². The molecule has 0 saturated carbocycles. The fourth-order valence-corrected chi connectivity index (χ4v) is 1.31. The van der Waals surface area contributed by atoms with Crippen molar-refractivity contribution in [1.82, 2.24) is 4.98 Å². The van der Waals surface area contributed by atoms with Gasteiger partial charge in [0.15, 0.2) is 0 Å². The van der Waals surface area contributed by atoms with E-state index in [0.29, 0.717) is 17.8 Å². The number of aromatic nitrogens is 1. The molecule has 0 aromatic carbocycles. The van der Waals surface area contributed by atoms with Gasteiger partial charge in [0.05, 0.1) is 12.0 Å². The van der Waals surface area contributed by atoms with E-state index in [1.54, 1.807) is 18.3 Å². The minimum Gasteiger partial charge on any atom is -0.481 e. The van der Waals surface area contributed by atoms with Gasteiger partial charge in [-0.3, -0.25) is 4.79 Å². The predicted octanol–water partition coefficient (Wildman–Crippen LogP) is 1.62. The number of carbonyl (C=O) groups is 1. The molecule has 0 radical (unpaired) electrons. The number of nitrogens with one attached hydrogen (secondary N) is 1. The van der Waals surface area contributed by atoms with Crippen molar-refractivity contribution in [2.45, 2.75) is 25.8 Å². The molecule has 84 valence electrons. The average molecular weight is 219 g/mol. The van der Waals surface area contributed by atoms with E-state index in [2.05, 4.69) is 10.3 Å². The SMILES string of the molecule is CCC(CC(=O)O)Nc1ncccc1C#N. The van der Waals surface area contributed by atoms with E-state index in [9.17, 15) is 4.79 Å². The Bertz CT molecular complexity index is 412. The van der Waals surface area contributed by atoms with Crippen molar-refractivity contribution in [1.29, 1.82) is 5.26 Å². The molecule has 1 aromatic heterocycles. The number of anilines is 1. The van der Waals surface area contributed by atoms with Crippen LogP contribution in [0.2, 0.25) is 0 Å². The molecular formula is C11H13N3O2. The number of rotatable bonds is 5. The maximum atomic E-state index is 10.6. The zero-order valence-electron chi connectivity index (χ0n) is 8.97. The third kappa shape index (κ3) is 3.24. The van der Waals surface area contributed by atoms with Crippen LogP contribution in [0.25, 0.3) is 0 Å². The molecule has 0 aliphatic heterocycles. The fourth-order valence-electron chi connectivity index (χ4n) is 1.31. The lowest BCUT2D eigenvalue weighted by molar-refractivity contribution is -0.137. The van der Waals surface area contributed by atoms with Crippen LogP contribution in [0.5, 0.6) is 0 Å². The second-order valence-corrected chi connectivity index (χ2v) is 3.36. The summed E-state index contributed by atoms with van der Waals surface area (Å²) in [7, 11) is 0. The van der Waals surface area contributed by atoms with Crippen molar-refractivity contribution in [3.05, 3.63) is 23.9 Å². The topological polar surface area (TPSA) is 86.0 Å². The van der Waals surface area contributed by atoms with Crippen LogP contribution in [-0.2, 0) is 4.79 Å². The summed E-state index contributed by atoms with van der Waals surface area (Å²) in [6.45, 7) is 1.88. The van der Waals surface area contributed by atoms with E-state index >= 15 is 0 Å². The maximum absolute atomic E-state index is 10.6. The minimum absolute atomic E-state index is 0.0118. The number of nitriles is 1. The molecule has 1 heterocycles. The van der Waals surface area contributed by atoms with E-state index in [1.165, 1.54) is 0 Å². The first kappa shape index (κ1) is 12.0. The maximum Gasteiger partial charge on any atom is 0.305 e. The Morgan fingerprint density at radius 2 is 2.50 bits per heavy atom. The van der Waals surface area contributed by atoms with Crippen LogP contribution in [0.1, 0.15) is 25.3 Å². The lowest BCUT2D eigenvalue weighted by atomic mass is 10.1. The largest absolute Gasteiger partial charge is 0.481 e. The van der Waals surface area contributed by atoms with Crippen LogP contribution in [0.15, 0.2) is 18.3 Å². The van der Waals surface area contributed by atoms with Crippen LogP contribution in [0.3, 0.4) is 0 Å². The molecule has 1 atom stereocenters. The van der Waals surface area contributed by atoms with E-state index in [1.807, 2.05) is 13.0 Å². The van der Waals surface area contributed by atoms with Crippen molar-refractivity contribution in [2.24, 2.45) is 0 Å². The normalized spacial score (nSPS) is 11.5. The lowest BCUT2D eigenvalue weighted by Gasteiger charge is -2.15. The molecule has 0 spiro atoms. The molecule has 1 unspecified atom stereocenters. The highest BCUT2D eigenvalue weighted by molar-refractivity contribution is 5.68. The number of nitrogens with zero attached hydrogens (tertiary/aromatic N) is 2. The Labute approximate surface area is 93.7 Å². The number of hydrogen-bond acceptors (Lipinski definition) is 4. The monoisotopic (exact) mass is 219 g/mol. The van der Waals surface area contributed by atoms with Crippen molar-refractivity contribution in [3.8, 4) is 6.07 Å². The van der Waals surface area contributed by atoms with Gasteiger partial charge in [-0.2, -0.15) is 5.26 Å². The summed E-state index contributed by atoms with van der Waals surface area (Å²) in [5.74, 6) is -0.424. The van der Waals surface area contributed by atoms with Gasteiger partial charge in [0.25, 0.3) is 0 Å². The Kier molecular flexibility index (Phi) is 4.28. The molecule has 0 bridgehead atoms. The molecule has 0 aliphatic rings. The molecule has 1 aromatic rings. The van der Waals surface area contributed by atoms with E-state index < -0.39 is 5.97 Å². The minimum atomic E-state index is -0.867. The molecule has 0 fully saturated rings.